The van der Waals surface area contributed by atoms with E-state index in [9.17, 15) is 13.6 Å². The van der Waals surface area contributed by atoms with Crippen molar-refractivity contribution in [3.63, 3.8) is 0 Å². The van der Waals surface area contributed by atoms with Crippen molar-refractivity contribution in [2.75, 3.05) is 18.5 Å². The number of carbonyl (C=O) groups is 1. The van der Waals surface area contributed by atoms with Crippen molar-refractivity contribution in [3.05, 3.63) is 65.2 Å². The van der Waals surface area contributed by atoms with Crippen molar-refractivity contribution in [1.29, 1.82) is 0 Å². The monoisotopic (exact) mass is 320 g/mol. The van der Waals surface area contributed by atoms with Crippen LogP contribution in [0.3, 0.4) is 0 Å². The second-order valence-electron chi connectivity index (χ2n) is 5.01. The summed E-state index contributed by atoms with van der Waals surface area (Å²) in [6.45, 7) is 0.803. The Kier molecular flexibility index (Phi) is 6.05. The highest BCUT2D eigenvalue weighted by molar-refractivity contribution is 5.94. The van der Waals surface area contributed by atoms with Crippen LogP contribution in [-0.2, 0) is 6.54 Å². The van der Waals surface area contributed by atoms with E-state index in [-0.39, 0.29) is 12.5 Å². The summed E-state index contributed by atoms with van der Waals surface area (Å²) in [4.78, 5) is 11.8. The first-order valence-corrected chi connectivity index (χ1v) is 7.27. The summed E-state index contributed by atoms with van der Waals surface area (Å²) in [6.07, 6.45) is 0.514. The van der Waals surface area contributed by atoms with Crippen LogP contribution in [0.15, 0.2) is 42.5 Å². The number of aliphatic hydroxyl groups excluding tert-OH is 1. The van der Waals surface area contributed by atoms with Crippen LogP contribution in [0.5, 0.6) is 0 Å². The van der Waals surface area contributed by atoms with Gasteiger partial charge in [0.2, 0.25) is 0 Å². The second kappa shape index (κ2) is 8.24. The number of carbonyl (C=O) groups excluding carboxylic acids is 1. The van der Waals surface area contributed by atoms with Crippen LogP contribution >= 0.6 is 0 Å². The molecule has 2 aromatic carbocycles. The Morgan fingerprint density at radius 3 is 2.43 bits per heavy atom. The number of hydrogen-bond donors (Lipinski definition) is 3. The number of hydrogen-bond acceptors (Lipinski definition) is 3. The molecule has 3 N–H and O–H groups in total. The number of rotatable bonds is 7. The molecule has 0 atom stereocenters. The molecule has 122 valence electrons. The van der Waals surface area contributed by atoms with E-state index in [4.69, 9.17) is 5.11 Å². The first kappa shape index (κ1) is 16.9. The largest absolute Gasteiger partial charge is 0.396 e. The Hall–Kier alpha value is -2.47. The average molecular weight is 320 g/mol. The highest BCUT2D eigenvalue weighted by atomic mass is 19.2. The number of anilines is 1. The van der Waals surface area contributed by atoms with E-state index in [1.807, 2.05) is 0 Å². The second-order valence-corrected chi connectivity index (χ2v) is 5.01. The van der Waals surface area contributed by atoms with Gasteiger partial charge in [-0.25, -0.2) is 8.78 Å². The molecule has 0 fully saturated rings. The summed E-state index contributed by atoms with van der Waals surface area (Å²) < 4.78 is 26.0. The molecule has 23 heavy (non-hydrogen) atoms. The molecular formula is C17H18F2N2O2. The minimum Gasteiger partial charge on any atom is -0.396 e. The standard InChI is InChI=1S/C17H18F2N2O2/c18-15-7-2-12(10-16(15)19)11-21-14-5-3-13(4-6-14)17(23)20-8-1-9-22/h2-7,10,21-22H,1,8-9,11H2,(H,20,23). The highest BCUT2D eigenvalue weighted by Crippen LogP contribution is 2.13. The maximum atomic E-state index is 13.1. The molecule has 0 aliphatic carbocycles. The van der Waals surface area contributed by atoms with Crippen LogP contribution in [-0.4, -0.2) is 24.2 Å². The van der Waals surface area contributed by atoms with Crippen molar-refractivity contribution >= 4 is 11.6 Å². The molecule has 1 amide bonds. The van der Waals surface area contributed by atoms with Gasteiger partial charge in [-0.2, -0.15) is 0 Å². The third kappa shape index (κ3) is 5.03. The summed E-state index contributed by atoms with van der Waals surface area (Å²) >= 11 is 0. The number of halogens is 2. The van der Waals surface area contributed by atoms with Crippen LogP contribution in [0.2, 0.25) is 0 Å². The minimum absolute atomic E-state index is 0.0348. The minimum atomic E-state index is -0.876. The van der Waals surface area contributed by atoms with Gasteiger partial charge in [-0.3, -0.25) is 4.79 Å². The quantitative estimate of drug-likeness (QED) is 0.688. The Bertz CT molecular complexity index is 660. The first-order valence-electron chi connectivity index (χ1n) is 7.27. The molecule has 2 rings (SSSR count). The SMILES string of the molecule is O=C(NCCCO)c1ccc(NCc2ccc(F)c(F)c2)cc1. The molecule has 0 bridgehead atoms. The Balaban J connectivity index is 1.89. The zero-order valence-corrected chi connectivity index (χ0v) is 12.5. The summed E-state index contributed by atoms with van der Waals surface area (Å²) in [5.41, 5.74) is 1.90. The fraction of sp³-hybridized carbons (Fsp3) is 0.235. The van der Waals surface area contributed by atoms with Gasteiger partial charge in [-0.1, -0.05) is 6.07 Å². The van der Waals surface area contributed by atoms with Crippen LogP contribution in [0.1, 0.15) is 22.3 Å². The molecule has 0 heterocycles. The maximum Gasteiger partial charge on any atom is 0.251 e. The fourth-order valence-corrected chi connectivity index (χ4v) is 1.98. The van der Waals surface area contributed by atoms with Gasteiger partial charge in [-0.15, -0.1) is 0 Å². The van der Waals surface area contributed by atoms with E-state index in [1.165, 1.54) is 6.07 Å². The van der Waals surface area contributed by atoms with E-state index in [0.717, 1.165) is 17.8 Å². The van der Waals surface area contributed by atoms with Gasteiger partial charge in [0.05, 0.1) is 0 Å². The summed E-state index contributed by atoms with van der Waals surface area (Å²) in [5.74, 6) is -1.95. The molecule has 4 nitrogen and oxygen atoms in total. The van der Waals surface area contributed by atoms with Crippen LogP contribution < -0.4 is 10.6 Å². The smallest absolute Gasteiger partial charge is 0.251 e. The van der Waals surface area contributed by atoms with Gasteiger partial charge < -0.3 is 15.7 Å². The zero-order chi connectivity index (χ0) is 16.7. The van der Waals surface area contributed by atoms with Crippen LogP contribution in [0, 0.1) is 11.6 Å². The lowest BCUT2D eigenvalue weighted by Gasteiger charge is -2.08. The van der Waals surface area contributed by atoms with E-state index >= 15 is 0 Å². The molecule has 0 saturated carbocycles. The third-order valence-electron chi connectivity index (χ3n) is 3.25. The topological polar surface area (TPSA) is 61.4 Å². The van der Waals surface area contributed by atoms with Crippen molar-refractivity contribution in [2.45, 2.75) is 13.0 Å². The molecule has 0 spiro atoms. The number of amides is 1. The van der Waals surface area contributed by atoms with Crippen molar-refractivity contribution < 1.29 is 18.7 Å². The number of nitrogens with one attached hydrogen (secondary N) is 2. The van der Waals surface area contributed by atoms with E-state index < -0.39 is 11.6 Å². The van der Waals surface area contributed by atoms with Gasteiger partial charge in [0.25, 0.3) is 5.91 Å². The van der Waals surface area contributed by atoms with Gasteiger partial charge in [0, 0.05) is 30.9 Å². The maximum absolute atomic E-state index is 13.1. The highest BCUT2D eigenvalue weighted by Gasteiger charge is 2.05. The molecule has 0 aliphatic rings. The molecule has 2 aromatic rings. The Morgan fingerprint density at radius 1 is 1.04 bits per heavy atom. The summed E-state index contributed by atoms with van der Waals surface area (Å²) in [7, 11) is 0. The Morgan fingerprint density at radius 2 is 1.78 bits per heavy atom. The predicted molar refractivity (Wildman–Crippen MR) is 84.2 cm³/mol. The molecule has 0 aromatic heterocycles. The fourth-order valence-electron chi connectivity index (χ4n) is 1.98. The lowest BCUT2D eigenvalue weighted by atomic mass is 10.1. The lowest BCUT2D eigenvalue weighted by molar-refractivity contribution is 0.0951. The van der Waals surface area contributed by atoms with E-state index in [2.05, 4.69) is 10.6 Å². The van der Waals surface area contributed by atoms with Gasteiger partial charge in [0.1, 0.15) is 0 Å². The predicted octanol–water partition coefficient (Wildman–Crippen LogP) is 2.69. The van der Waals surface area contributed by atoms with E-state index in [1.54, 1.807) is 24.3 Å². The molecule has 6 heteroatoms. The van der Waals surface area contributed by atoms with Gasteiger partial charge in [-0.05, 0) is 48.4 Å². The molecule has 0 saturated heterocycles. The Labute approximate surface area is 133 Å². The van der Waals surface area contributed by atoms with Crippen molar-refractivity contribution in [2.24, 2.45) is 0 Å². The molecular weight excluding hydrogens is 302 g/mol. The van der Waals surface area contributed by atoms with Crippen LogP contribution in [0.4, 0.5) is 14.5 Å². The average Bonchev–Trinajstić information content (AvgIpc) is 2.56. The van der Waals surface area contributed by atoms with Gasteiger partial charge >= 0.3 is 0 Å². The first-order chi connectivity index (χ1) is 11.1. The van der Waals surface area contributed by atoms with Crippen molar-refractivity contribution in [3.8, 4) is 0 Å². The lowest BCUT2D eigenvalue weighted by Crippen LogP contribution is -2.24. The number of benzene rings is 2. The molecule has 0 unspecified atom stereocenters. The summed E-state index contributed by atoms with van der Waals surface area (Å²) in [6, 6.07) is 10.6. The summed E-state index contributed by atoms with van der Waals surface area (Å²) in [5, 5.41) is 14.4. The normalized spacial score (nSPS) is 10.4. The van der Waals surface area contributed by atoms with Crippen molar-refractivity contribution in [1.82, 2.24) is 5.32 Å². The molecule has 0 aliphatic heterocycles. The molecule has 0 radical (unpaired) electrons. The third-order valence-corrected chi connectivity index (χ3v) is 3.25. The zero-order valence-electron chi connectivity index (χ0n) is 12.5. The number of aliphatic hydroxyl groups is 1. The van der Waals surface area contributed by atoms with Crippen LogP contribution in [0.25, 0.3) is 0 Å². The van der Waals surface area contributed by atoms with Gasteiger partial charge in [0.15, 0.2) is 11.6 Å². The van der Waals surface area contributed by atoms with E-state index in [0.29, 0.717) is 30.6 Å².